The molecule has 0 spiro atoms. The number of carbonyl (C=O) groups excluding carboxylic acids is 1. The molecule has 4 N–H and O–H groups in total. The zero-order valence-electron chi connectivity index (χ0n) is 18.1. The van der Waals surface area contributed by atoms with Crippen molar-refractivity contribution in [2.45, 2.75) is 25.4 Å². The van der Waals surface area contributed by atoms with Crippen LogP contribution in [-0.4, -0.2) is 26.9 Å². The minimum absolute atomic E-state index is 0.158. The minimum Gasteiger partial charge on any atom is -0.459 e. The molecule has 2 aromatic carbocycles. The highest BCUT2D eigenvalue weighted by atomic mass is 35.5. The van der Waals surface area contributed by atoms with Gasteiger partial charge in [0, 0.05) is 17.6 Å². The van der Waals surface area contributed by atoms with Crippen molar-refractivity contribution in [2.24, 2.45) is 0 Å². The zero-order valence-corrected chi connectivity index (χ0v) is 18.8. The van der Waals surface area contributed by atoms with E-state index in [1.807, 2.05) is 36.4 Å². The van der Waals surface area contributed by atoms with Gasteiger partial charge in [0.25, 0.3) is 0 Å². The van der Waals surface area contributed by atoms with Crippen LogP contribution in [0.2, 0.25) is 5.02 Å². The second kappa shape index (κ2) is 9.80. The first-order chi connectivity index (χ1) is 16.6. The van der Waals surface area contributed by atoms with Crippen molar-refractivity contribution in [3.63, 3.8) is 0 Å². The van der Waals surface area contributed by atoms with Crippen LogP contribution in [0.25, 0.3) is 0 Å². The first-order valence-corrected chi connectivity index (χ1v) is 11.2. The number of hydrazine groups is 1. The predicted octanol–water partition coefficient (Wildman–Crippen LogP) is 4.07. The molecule has 4 aromatic rings. The van der Waals surface area contributed by atoms with Crippen LogP contribution < -0.4 is 21.5 Å². The molecule has 2 aromatic heterocycles. The third-order valence-corrected chi connectivity index (χ3v) is 5.63. The summed E-state index contributed by atoms with van der Waals surface area (Å²) < 4.78 is 5.11. The molecule has 0 fully saturated rings. The quantitative estimate of drug-likeness (QED) is 0.282. The Kier molecular flexibility index (Phi) is 6.26. The summed E-state index contributed by atoms with van der Waals surface area (Å²) in [5.74, 6) is 0.655. The number of hydrogen-bond donors (Lipinski definition) is 4. The molecule has 0 radical (unpaired) electrons. The van der Waals surface area contributed by atoms with Gasteiger partial charge in [-0.05, 0) is 53.8 Å². The van der Waals surface area contributed by atoms with Crippen LogP contribution in [0.1, 0.15) is 27.2 Å². The van der Waals surface area contributed by atoms with E-state index in [4.69, 9.17) is 16.0 Å². The van der Waals surface area contributed by atoms with Crippen molar-refractivity contribution >= 4 is 35.4 Å². The van der Waals surface area contributed by atoms with Gasteiger partial charge in [0.05, 0.1) is 6.26 Å². The van der Waals surface area contributed by atoms with Crippen LogP contribution in [0, 0.1) is 0 Å². The lowest BCUT2D eigenvalue weighted by Crippen LogP contribution is -2.30. The Hall–Kier alpha value is -4.11. The molecule has 0 aliphatic heterocycles. The number of furan rings is 1. The Balaban J connectivity index is 1.32. The highest BCUT2D eigenvalue weighted by Gasteiger charge is 2.22. The largest absolute Gasteiger partial charge is 0.459 e. The van der Waals surface area contributed by atoms with Crippen molar-refractivity contribution in [1.29, 1.82) is 0 Å². The SMILES string of the molecule is O=C(NNc1nc(NCc2cccc(Cl)c2)nc(NC2Cc3ccccc3C2)n1)c1ccco1. The Morgan fingerprint density at radius 3 is 2.44 bits per heavy atom. The topological polar surface area (TPSA) is 117 Å². The summed E-state index contributed by atoms with van der Waals surface area (Å²) in [6, 6.07) is 19.3. The average Bonchev–Trinajstić information content (AvgIpc) is 3.51. The summed E-state index contributed by atoms with van der Waals surface area (Å²) in [6.07, 6.45) is 3.19. The molecule has 0 atom stereocenters. The van der Waals surface area contributed by atoms with Gasteiger partial charge in [-0.1, -0.05) is 48.0 Å². The fraction of sp³-hybridized carbons (Fsp3) is 0.167. The molecular formula is C24H22ClN7O2. The average molecular weight is 476 g/mol. The van der Waals surface area contributed by atoms with Crippen molar-refractivity contribution in [2.75, 3.05) is 16.1 Å². The molecule has 9 nitrogen and oxygen atoms in total. The third kappa shape index (κ3) is 5.26. The van der Waals surface area contributed by atoms with E-state index in [0.717, 1.165) is 18.4 Å². The van der Waals surface area contributed by atoms with E-state index in [1.54, 1.807) is 12.1 Å². The van der Waals surface area contributed by atoms with E-state index in [1.165, 1.54) is 17.4 Å². The van der Waals surface area contributed by atoms with Gasteiger partial charge in [-0.25, -0.2) is 0 Å². The van der Waals surface area contributed by atoms with Gasteiger partial charge in [0.15, 0.2) is 5.76 Å². The molecular weight excluding hydrogens is 454 g/mol. The van der Waals surface area contributed by atoms with Gasteiger partial charge < -0.3 is 15.1 Å². The van der Waals surface area contributed by atoms with Crippen LogP contribution in [0.3, 0.4) is 0 Å². The molecule has 10 heteroatoms. The van der Waals surface area contributed by atoms with Gasteiger partial charge in [-0.2, -0.15) is 15.0 Å². The molecule has 1 amide bonds. The van der Waals surface area contributed by atoms with Gasteiger partial charge in [-0.3, -0.25) is 15.6 Å². The molecule has 1 aliphatic rings. The summed E-state index contributed by atoms with van der Waals surface area (Å²) in [5.41, 5.74) is 8.89. The fourth-order valence-corrected chi connectivity index (χ4v) is 4.04. The number of fused-ring (bicyclic) bond motifs is 1. The van der Waals surface area contributed by atoms with E-state index < -0.39 is 5.91 Å². The maximum absolute atomic E-state index is 12.2. The second-order valence-electron chi connectivity index (χ2n) is 7.86. The number of nitrogens with zero attached hydrogens (tertiary/aromatic N) is 3. The van der Waals surface area contributed by atoms with Gasteiger partial charge >= 0.3 is 5.91 Å². The van der Waals surface area contributed by atoms with Crippen LogP contribution in [0.15, 0.2) is 71.3 Å². The first-order valence-electron chi connectivity index (χ1n) is 10.8. The predicted molar refractivity (Wildman–Crippen MR) is 130 cm³/mol. The Morgan fingerprint density at radius 1 is 0.941 bits per heavy atom. The highest BCUT2D eigenvalue weighted by molar-refractivity contribution is 6.30. The number of carbonyl (C=O) groups is 1. The van der Waals surface area contributed by atoms with Crippen LogP contribution in [0.5, 0.6) is 0 Å². The van der Waals surface area contributed by atoms with Gasteiger partial charge in [0.1, 0.15) is 0 Å². The Labute approximate surface area is 201 Å². The minimum atomic E-state index is -0.445. The fourth-order valence-electron chi connectivity index (χ4n) is 3.83. The smallest absolute Gasteiger partial charge is 0.305 e. The molecule has 1 aliphatic carbocycles. The molecule has 0 unspecified atom stereocenters. The maximum atomic E-state index is 12.2. The third-order valence-electron chi connectivity index (χ3n) is 5.39. The van der Waals surface area contributed by atoms with Crippen molar-refractivity contribution < 1.29 is 9.21 Å². The number of hydrogen-bond acceptors (Lipinski definition) is 8. The van der Waals surface area contributed by atoms with Crippen molar-refractivity contribution in [3.8, 4) is 0 Å². The summed E-state index contributed by atoms with van der Waals surface area (Å²) in [4.78, 5) is 25.5. The zero-order chi connectivity index (χ0) is 23.3. The number of halogens is 1. The van der Waals surface area contributed by atoms with Crippen LogP contribution in [0.4, 0.5) is 17.8 Å². The summed E-state index contributed by atoms with van der Waals surface area (Å²) in [5, 5.41) is 7.24. The molecule has 5 rings (SSSR count). The van der Waals surface area contributed by atoms with Crippen molar-refractivity contribution in [3.05, 3.63) is 94.4 Å². The standard InChI is InChI=1S/C24H22ClN7O2/c25-18-8-3-5-15(11-18)14-26-22-28-23(27-19-12-16-6-1-2-7-17(16)13-19)30-24(29-22)32-31-21(33)20-9-4-10-34-20/h1-11,19H,12-14H2,(H,31,33)(H3,26,27,28,29,30,32). The van der Waals surface area contributed by atoms with Crippen molar-refractivity contribution in [1.82, 2.24) is 20.4 Å². The normalized spacial score (nSPS) is 12.7. The second-order valence-corrected chi connectivity index (χ2v) is 8.30. The molecule has 34 heavy (non-hydrogen) atoms. The number of benzene rings is 2. The van der Waals surface area contributed by atoms with Gasteiger partial charge in [0.2, 0.25) is 17.8 Å². The summed E-state index contributed by atoms with van der Waals surface area (Å²) in [7, 11) is 0. The lowest BCUT2D eigenvalue weighted by atomic mass is 10.1. The van der Waals surface area contributed by atoms with E-state index in [2.05, 4.69) is 48.6 Å². The van der Waals surface area contributed by atoms with Crippen LogP contribution >= 0.6 is 11.6 Å². The summed E-state index contributed by atoms with van der Waals surface area (Å²) >= 11 is 6.09. The lowest BCUT2D eigenvalue weighted by Gasteiger charge is -2.15. The monoisotopic (exact) mass is 475 g/mol. The number of amides is 1. The number of nitrogens with one attached hydrogen (secondary N) is 4. The van der Waals surface area contributed by atoms with E-state index in [9.17, 15) is 4.79 Å². The number of rotatable bonds is 8. The van der Waals surface area contributed by atoms with E-state index in [-0.39, 0.29) is 17.8 Å². The molecule has 0 saturated heterocycles. The van der Waals surface area contributed by atoms with E-state index >= 15 is 0 Å². The molecule has 0 saturated carbocycles. The van der Waals surface area contributed by atoms with Gasteiger partial charge in [-0.15, -0.1) is 0 Å². The molecule has 0 bridgehead atoms. The Morgan fingerprint density at radius 2 is 1.71 bits per heavy atom. The number of aromatic nitrogens is 3. The summed E-state index contributed by atoms with van der Waals surface area (Å²) in [6.45, 7) is 0.469. The Bertz CT molecular complexity index is 1270. The highest BCUT2D eigenvalue weighted by Crippen LogP contribution is 2.24. The molecule has 172 valence electrons. The molecule has 2 heterocycles. The lowest BCUT2D eigenvalue weighted by molar-refractivity contribution is 0.0935. The van der Waals surface area contributed by atoms with Crippen LogP contribution in [-0.2, 0) is 19.4 Å². The maximum Gasteiger partial charge on any atom is 0.305 e. The number of anilines is 3. The van der Waals surface area contributed by atoms with E-state index in [0.29, 0.717) is 23.5 Å². The first kappa shape index (κ1) is 21.7.